The van der Waals surface area contributed by atoms with Crippen molar-refractivity contribution < 1.29 is 24.6 Å². The maximum Gasteiger partial charge on any atom is 0.328 e. The summed E-state index contributed by atoms with van der Waals surface area (Å²) in [4.78, 5) is 35.5. The van der Waals surface area contributed by atoms with E-state index in [1.54, 1.807) is 0 Å². The van der Waals surface area contributed by atoms with Gasteiger partial charge in [-0.2, -0.15) is 0 Å². The van der Waals surface area contributed by atoms with Gasteiger partial charge in [-0.3, -0.25) is 9.69 Å². The van der Waals surface area contributed by atoms with E-state index in [1.807, 2.05) is 30.8 Å². The van der Waals surface area contributed by atoms with Crippen molar-refractivity contribution in [2.45, 2.75) is 26.1 Å². The lowest BCUT2D eigenvalue weighted by Crippen LogP contribution is -2.47. The predicted molar refractivity (Wildman–Crippen MR) is 105 cm³/mol. The van der Waals surface area contributed by atoms with Gasteiger partial charge in [-0.1, -0.05) is 18.2 Å². The van der Waals surface area contributed by atoms with Crippen LogP contribution in [0.1, 0.15) is 12.6 Å². The number of hydrogen-bond donors (Lipinski definition) is 2. The highest BCUT2D eigenvalue weighted by molar-refractivity contribution is 5.89. The van der Waals surface area contributed by atoms with E-state index in [9.17, 15) is 14.4 Å². The number of rotatable bonds is 4. The molecule has 0 fully saturated rings. The van der Waals surface area contributed by atoms with Crippen LogP contribution in [0.15, 0.2) is 42.5 Å². The second-order valence-corrected chi connectivity index (χ2v) is 6.76. The molecular weight excluding hydrogens is 362 g/mol. The number of nitrogens with zero attached hydrogens (tertiary/aromatic N) is 3. The smallest absolute Gasteiger partial charge is 0.328 e. The zero-order chi connectivity index (χ0) is 20.8. The molecule has 1 amide bonds. The van der Waals surface area contributed by atoms with Crippen LogP contribution in [-0.4, -0.2) is 69.1 Å². The monoisotopic (exact) mass is 387 g/mol. The minimum Gasteiger partial charge on any atom is -0.478 e. The standard InChI is InChI=1S/C16H21N3O.C4H4O4/c1-12(17(2)3)16(20)18-8-9-19-14(11-18)10-13-6-4-5-7-15(13)19;5-3(6)1-2-4(7)8/h4-7,10,12H,8-9,11H2,1-3H3;1-2H,(H,5,6)(H,7,8)/b;2-1-. The van der Waals surface area contributed by atoms with E-state index in [4.69, 9.17) is 10.2 Å². The highest BCUT2D eigenvalue weighted by Gasteiger charge is 2.26. The van der Waals surface area contributed by atoms with Gasteiger partial charge in [0.15, 0.2) is 0 Å². The Hall–Kier alpha value is -3.13. The molecule has 2 aromatic rings. The minimum absolute atomic E-state index is 0.0640. The van der Waals surface area contributed by atoms with Crippen LogP contribution >= 0.6 is 0 Å². The highest BCUT2D eigenvalue weighted by Crippen LogP contribution is 2.24. The second kappa shape index (κ2) is 9.18. The van der Waals surface area contributed by atoms with Crippen molar-refractivity contribution in [3.05, 3.63) is 48.2 Å². The molecule has 0 spiro atoms. The van der Waals surface area contributed by atoms with Gasteiger partial charge in [0, 0.05) is 36.5 Å². The Balaban J connectivity index is 0.000000300. The average molecular weight is 387 g/mol. The number of fused-ring (bicyclic) bond motifs is 3. The van der Waals surface area contributed by atoms with Crippen LogP contribution in [0.2, 0.25) is 0 Å². The first-order valence-corrected chi connectivity index (χ1v) is 8.87. The average Bonchev–Trinajstić information content (AvgIpc) is 3.03. The van der Waals surface area contributed by atoms with E-state index >= 15 is 0 Å². The first kappa shape index (κ1) is 21.2. The summed E-state index contributed by atoms with van der Waals surface area (Å²) in [7, 11) is 3.90. The van der Waals surface area contributed by atoms with Crippen molar-refractivity contribution in [2.75, 3.05) is 20.6 Å². The number of carbonyl (C=O) groups is 3. The molecule has 0 bridgehead atoms. The van der Waals surface area contributed by atoms with Gasteiger partial charge in [0.25, 0.3) is 0 Å². The number of hydrogen-bond acceptors (Lipinski definition) is 4. The summed E-state index contributed by atoms with van der Waals surface area (Å²) >= 11 is 0. The molecule has 1 atom stereocenters. The van der Waals surface area contributed by atoms with E-state index < -0.39 is 11.9 Å². The van der Waals surface area contributed by atoms with Gasteiger partial charge in [-0.25, -0.2) is 9.59 Å². The van der Waals surface area contributed by atoms with Gasteiger partial charge in [-0.05, 0) is 38.5 Å². The fourth-order valence-electron chi connectivity index (χ4n) is 2.97. The summed E-state index contributed by atoms with van der Waals surface area (Å²) in [5.41, 5.74) is 2.51. The quantitative estimate of drug-likeness (QED) is 0.773. The van der Waals surface area contributed by atoms with Crippen molar-refractivity contribution in [2.24, 2.45) is 0 Å². The number of para-hydroxylation sites is 1. The van der Waals surface area contributed by atoms with Crippen LogP contribution in [0, 0.1) is 0 Å². The maximum absolute atomic E-state index is 12.4. The Kier molecular flexibility index (Phi) is 6.94. The van der Waals surface area contributed by atoms with Crippen LogP contribution in [0.4, 0.5) is 0 Å². The molecule has 1 aromatic heterocycles. The van der Waals surface area contributed by atoms with Gasteiger partial charge in [-0.15, -0.1) is 0 Å². The molecule has 28 heavy (non-hydrogen) atoms. The SMILES string of the molecule is CC(C(=O)N1CCn2c(cc3ccccc32)C1)N(C)C.O=C(O)/C=C\C(=O)O. The van der Waals surface area contributed by atoms with Crippen LogP contribution < -0.4 is 0 Å². The number of benzene rings is 1. The van der Waals surface area contributed by atoms with Crippen molar-refractivity contribution in [3.63, 3.8) is 0 Å². The molecule has 0 saturated carbocycles. The van der Waals surface area contributed by atoms with Crippen molar-refractivity contribution in [1.82, 2.24) is 14.4 Å². The summed E-state index contributed by atoms with van der Waals surface area (Å²) in [5, 5.41) is 16.9. The molecule has 0 aliphatic carbocycles. The molecule has 8 heteroatoms. The lowest BCUT2D eigenvalue weighted by molar-refractivity contribution is -0.137. The first-order chi connectivity index (χ1) is 13.2. The van der Waals surface area contributed by atoms with Gasteiger partial charge >= 0.3 is 11.9 Å². The summed E-state index contributed by atoms with van der Waals surface area (Å²) in [6.45, 7) is 4.36. The van der Waals surface area contributed by atoms with Crippen molar-refractivity contribution in [1.29, 1.82) is 0 Å². The van der Waals surface area contributed by atoms with Gasteiger partial charge in [0.05, 0.1) is 12.6 Å². The minimum atomic E-state index is -1.26. The van der Waals surface area contributed by atoms with Gasteiger partial charge in [0.2, 0.25) is 5.91 Å². The molecule has 1 aliphatic heterocycles. The number of likely N-dealkylation sites (N-methyl/N-ethyl adjacent to an activating group) is 1. The Morgan fingerprint density at radius 1 is 1.07 bits per heavy atom. The Morgan fingerprint density at radius 3 is 2.25 bits per heavy atom. The zero-order valence-electron chi connectivity index (χ0n) is 16.2. The fraction of sp³-hybridized carbons (Fsp3) is 0.350. The molecule has 0 radical (unpaired) electrons. The molecule has 2 N–H and O–H groups in total. The molecule has 8 nitrogen and oxygen atoms in total. The summed E-state index contributed by atoms with van der Waals surface area (Å²) < 4.78 is 2.33. The molecule has 3 rings (SSSR count). The van der Waals surface area contributed by atoms with E-state index in [2.05, 4.69) is 34.9 Å². The first-order valence-electron chi connectivity index (χ1n) is 8.87. The number of aromatic nitrogens is 1. The predicted octanol–water partition coefficient (Wildman–Crippen LogP) is 1.65. The summed E-state index contributed by atoms with van der Waals surface area (Å²) in [6.07, 6.45) is 1.12. The number of carbonyl (C=O) groups excluding carboxylic acids is 1. The summed E-state index contributed by atoms with van der Waals surface area (Å²) in [5.74, 6) is -2.30. The normalized spacial score (nSPS) is 14.5. The van der Waals surface area contributed by atoms with E-state index in [0.29, 0.717) is 18.7 Å². The Labute approximate surface area is 163 Å². The second-order valence-electron chi connectivity index (χ2n) is 6.76. The molecule has 1 unspecified atom stereocenters. The Morgan fingerprint density at radius 2 is 1.68 bits per heavy atom. The number of carboxylic acids is 2. The maximum atomic E-state index is 12.4. The third-order valence-corrected chi connectivity index (χ3v) is 4.65. The topological polar surface area (TPSA) is 103 Å². The fourth-order valence-corrected chi connectivity index (χ4v) is 2.97. The van der Waals surface area contributed by atoms with Crippen LogP contribution in [0.25, 0.3) is 10.9 Å². The van der Waals surface area contributed by atoms with E-state index in [-0.39, 0.29) is 11.9 Å². The van der Waals surface area contributed by atoms with Crippen LogP contribution in [0.3, 0.4) is 0 Å². The third-order valence-electron chi connectivity index (χ3n) is 4.65. The van der Waals surface area contributed by atoms with Crippen LogP contribution in [-0.2, 0) is 27.5 Å². The lowest BCUT2D eigenvalue weighted by atomic mass is 10.2. The highest BCUT2D eigenvalue weighted by atomic mass is 16.4. The van der Waals surface area contributed by atoms with Crippen molar-refractivity contribution >= 4 is 28.7 Å². The number of carboxylic acid groups (broad SMARTS) is 2. The largest absolute Gasteiger partial charge is 0.478 e. The molecule has 1 aromatic carbocycles. The van der Waals surface area contributed by atoms with E-state index in [0.717, 1.165) is 13.1 Å². The number of amides is 1. The molecular formula is C20H25N3O5. The van der Waals surface area contributed by atoms with E-state index in [1.165, 1.54) is 16.6 Å². The van der Waals surface area contributed by atoms with Crippen molar-refractivity contribution in [3.8, 4) is 0 Å². The molecule has 150 valence electrons. The molecule has 2 heterocycles. The van der Waals surface area contributed by atoms with Gasteiger partial charge in [0.1, 0.15) is 0 Å². The number of aliphatic carboxylic acids is 2. The zero-order valence-corrected chi connectivity index (χ0v) is 16.2. The van der Waals surface area contributed by atoms with Crippen LogP contribution in [0.5, 0.6) is 0 Å². The van der Waals surface area contributed by atoms with Gasteiger partial charge < -0.3 is 19.7 Å². The summed E-state index contributed by atoms with van der Waals surface area (Å²) in [6, 6.07) is 10.6. The lowest BCUT2D eigenvalue weighted by Gasteiger charge is -2.32. The molecule has 1 aliphatic rings. The Bertz CT molecular complexity index is 884. The molecule has 0 saturated heterocycles. The third kappa shape index (κ3) is 5.20.